The zero-order valence-electron chi connectivity index (χ0n) is 10.1. The third-order valence-electron chi connectivity index (χ3n) is 3.81. The predicted molar refractivity (Wildman–Crippen MR) is 64.9 cm³/mol. The summed E-state index contributed by atoms with van der Waals surface area (Å²) < 4.78 is 2.02. The zero-order chi connectivity index (χ0) is 11.7. The smallest absolute Gasteiger partial charge is 0.254 e. The summed E-state index contributed by atoms with van der Waals surface area (Å²) in [7, 11) is 0. The van der Waals surface area contributed by atoms with Crippen LogP contribution in [-0.4, -0.2) is 32.7 Å². The van der Waals surface area contributed by atoms with Crippen LogP contribution in [0.15, 0.2) is 18.5 Å². The number of hydrogen-bond acceptors (Lipinski definition) is 4. The van der Waals surface area contributed by atoms with Gasteiger partial charge in [-0.2, -0.15) is 0 Å². The first-order valence-corrected chi connectivity index (χ1v) is 6.23. The molecule has 2 aromatic heterocycles. The van der Waals surface area contributed by atoms with E-state index in [1.54, 1.807) is 6.20 Å². The Morgan fingerprint density at radius 1 is 1.47 bits per heavy atom. The molecule has 90 valence electrons. The molecule has 5 heteroatoms. The van der Waals surface area contributed by atoms with Crippen LogP contribution in [-0.2, 0) is 5.41 Å². The minimum atomic E-state index is 0.112. The maximum absolute atomic E-state index is 4.37. The van der Waals surface area contributed by atoms with Gasteiger partial charge in [0.25, 0.3) is 5.78 Å². The minimum Gasteiger partial charge on any atom is -0.316 e. The summed E-state index contributed by atoms with van der Waals surface area (Å²) in [5.74, 6) is 1.75. The van der Waals surface area contributed by atoms with E-state index < -0.39 is 0 Å². The Labute approximate surface area is 100 Å². The summed E-state index contributed by atoms with van der Waals surface area (Å²) in [6, 6.07) is 1.93. The van der Waals surface area contributed by atoms with Crippen molar-refractivity contribution in [1.82, 2.24) is 24.9 Å². The minimum absolute atomic E-state index is 0.112. The van der Waals surface area contributed by atoms with Gasteiger partial charge >= 0.3 is 0 Å². The highest BCUT2D eigenvalue weighted by molar-refractivity contribution is 5.29. The SMILES string of the molecule is CCC1(c2nnc3ncccn23)CCCNC1. The van der Waals surface area contributed by atoms with E-state index in [1.807, 2.05) is 16.7 Å². The Morgan fingerprint density at radius 2 is 2.41 bits per heavy atom. The fourth-order valence-corrected chi connectivity index (χ4v) is 2.72. The summed E-state index contributed by atoms with van der Waals surface area (Å²) >= 11 is 0. The third kappa shape index (κ3) is 1.61. The number of fused-ring (bicyclic) bond motifs is 1. The molecule has 0 spiro atoms. The van der Waals surface area contributed by atoms with E-state index in [2.05, 4.69) is 27.4 Å². The van der Waals surface area contributed by atoms with Crippen LogP contribution in [0.5, 0.6) is 0 Å². The highest BCUT2D eigenvalue weighted by atomic mass is 15.3. The van der Waals surface area contributed by atoms with Gasteiger partial charge in [0.05, 0.1) is 0 Å². The highest BCUT2D eigenvalue weighted by Crippen LogP contribution is 2.33. The number of piperidine rings is 1. The normalized spacial score (nSPS) is 25.2. The first-order chi connectivity index (χ1) is 8.36. The van der Waals surface area contributed by atoms with E-state index in [4.69, 9.17) is 0 Å². The molecule has 0 saturated carbocycles. The molecule has 0 bridgehead atoms. The average Bonchev–Trinajstić information content (AvgIpc) is 2.84. The van der Waals surface area contributed by atoms with E-state index in [0.29, 0.717) is 5.78 Å². The van der Waals surface area contributed by atoms with Gasteiger partial charge in [-0.25, -0.2) is 4.98 Å². The number of nitrogens with one attached hydrogen (secondary N) is 1. The Balaban J connectivity index is 2.12. The lowest BCUT2D eigenvalue weighted by Crippen LogP contribution is -2.44. The summed E-state index contributed by atoms with van der Waals surface area (Å²) in [4.78, 5) is 4.23. The van der Waals surface area contributed by atoms with Crippen molar-refractivity contribution in [2.75, 3.05) is 13.1 Å². The van der Waals surface area contributed by atoms with Gasteiger partial charge in [-0.15, -0.1) is 10.2 Å². The van der Waals surface area contributed by atoms with Crippen LogP contribution in [0.3, 0.4) is 0 Å². The van der Waals surface area contributed by atoms with Gasteiger partial charge in [0.15, 0.2) is 0 Å². The van der Waals surface area contributed by atoms with Gasteiger partial charge in [0.1, 0.15) is 5.82 Å². The Hall–Kier alpha value is -1.49. The Morgan fingerprint density at radius 3 is 3.18 bits per heavy atom. The van der Waals surface area contributed by atoms with E-state index in [1.165, 1.54) is 12.8 Å². The quantitative estimate of drug-likeness (QED) is 0.842. The summed E-state index contributed by atoms with van der Waals surface area (Å²) in [6.45, 7) is 4.32. The van der Waals surface area contributed by atoms with Crippen LogP contribution < -0.4 is 5.32 Å². The topological polar surface area (TPSA) is 55.1 Å². The molecule has 0 aromatic carbocycles. The maximum Gasteiger partial charge on any atom is 0.254 e. The summed E-state index contributed by atoms with van der Waals surface area (Å²) in [6.07, 6.45) is 7.21. The Bertz CT molecular complexity index is 512. The second-order valence-electron chi connectivity index (χ2n) is 4.73. The van der Waals surface area contributed by atoms with Crippen molar-refractivity contribution in [1.29, 1.82) is 0 Å². The highest BCUT2D eigenvalue weighted by Gasteiger charge is 2.36. The van der Waals surface area contributed by atoms with Crippen molar-refractivity contribution in [3.63, 3.8) is 0 Å². The molecule has 0 aliphatic carbocycles. The van der Waals surface area contributed by atoms with Crippen molar-refractivity contribution in [3.05, 3.63) is 24.3 Å². The monoisotopic (exact) mass is 231 g/mol. The second-order valence-corrected chi connectivity index (χ2v) is 4.73. The van der Waals surface area contributed by atoms with E-state index in [9.17, 15) is 0 Å². The molecule has 1 N–H and O–H groups in total. The van der Waals surface area contributed by atoms with Gasteiger partial charge in [0.2, 0.25) is 0 Å². The van der Waals surface area contributed by atoms with Gasteiger partial charge < -0.3 is 5.32 Å². The lowest BCUT2D eigenvalue weighted by atomic mass is 9.77. The fourth-order valence-electron chi connectivity index (χ4n) is 2.72. The van der Waals surface area contributed by atoms with Gasteiger partial charge in [0, 0.05) is 24.4 Å². The van der Waals surface area contributed by atoms with E-state index >= 15 is 0 Å². The summed E-state index contributed by atoms with van der Waals surface area (Å²) in [5, 5.41) is 12.0. The second kappa shape index (κ2) is 4.07. The fraction of sp³-hybridized carbons (Fsp3) is 0.583. The number of nitrogens with zero attached hydrogens (tertiary/aromatic N) is 4. The van der Waals surface area contributed by atoms with Crippen LogP contribution in [0.2, 0.25) is 0 Å². The predicted octanol–water partition coefficient (Wildman–Crippen LogP) is 1.16. The van der Waals surface area contributed by atoms with Crippen LogP contribution in [0.25, 0.3) is 5.78 Å². The molecular weight excluding hydrogens is 214 g/mol. The van der Waals surface area contributed by atoms with Crippen molar-refractivity contribution in [2.24, 2.45) is 0 Å². The van der Waals surface area contributed by atoms with Crippen LogP contribution in [0.1, 0.15) is 32.0 Å². The van der Waals surface area contributed by atoms with Crippen molar-refractivity contribution < 1.29 is 0 Å². The molecule has 3 rings (SSSR count). The van der Waals surface area contributed by atoms with Gasteiger partial charge in [-0.1, -0.05) is 6.92 Å². The number of aromatic nitrogens is 4. The zero-order valence-corrected chi connectivity index (χ0v) is 10.1. The first kappa shape index (κ1) is 10.7. The molecule has 0 amide bonds. The molecule has 1 saturated heterocycles. The maximum atomic E-state index is 4.37. The van der Waals surface area contributed by atoms with Crippen molar-refractivity contribution in [3.8, 4) is 0 Å². The largest absolute Gasteiger partial charge is 0.316 e. The standard InChI is InChI=1S/C12H17N5/c1-2-12(5-3-6-13-9-12)10-15-16-11-14-7-4-8-17(10)11/h4,7-8,13H,2-3,5-6,9H2,1H3. The van der Waals surface area contributed by atoms with Gasteiger partial charge in [-0.05, 0) is 31.9 Å². The molecular formula is C12H17N5. The van der Waals surface area contributed by atoms with Crippen LogP contribution in [0, 0.1) is 0 Å². The first-order valence-electron chi connectivity index (χ1n) is 6.23. The molecule has 1 fully saturated rings. The molecule has 3 heterocycles. The third-order valence-corrected chi connectivity index (χ3v) is 3.81. The van der Waals surface area contributed by atoms with Crippen molar-refractivity contribution >= 4 is 5.78 Å². The molecule has 1 aliphatic heterocycles. The van der Waals surface area contributed by atoms with Crippen LogP contribution in [0.4, 0.5) is 0 Å². The molecule has 5 nitrogen and oxygen atoms in total. The lowest BCUT2D eigenvalue weighted by molar-refractivity contribution is 0.285. The van der Waals surface area contributed by atoms with E-state index in [0.717, 1.165) is 25.3 Å². The van der Waals surface area contributed by atoms with Crippen molar-refractivity contribution in [2.45, 2.75) is 31.6 Å². The molecule has 2 aromatic rings. The Kier molecular flexibility index (Phi) is 2.55. The molecule has 17 heavy (non-hydrogen) atoms. The molecule has 1 unspecified atom stereocenters. The lowest BCUT2D eigenvalue weighted by Gasteiger charge is -2.35. The molecule has 1 atom stereocenters. The van der Waals surface area contributed by atoms with Crippen LogP contribution >= 0.6 is 0 Å². The molecule has 1 aliphatic rings. The number of rotatable bonds is 2. The summed E-state index contributed by atoms with van der Waals surface area (Å²) in [5.41, 5.74) is 0.112. The van der Waals surface area contributed by atoms with E-state index in [-0.39, 0.29) is 5.41 Å². The molecule has 0 radical (unpaired) electrons. The van der Waals surface area contributed by atoms with Gasteiger partial charge in [-0.3, -0.25) is 4.40 Å². The average molecular weight is 231 g/mol. The number of hydrogen-bond donors (Lipinski definition) is 1.